The summed E-state index contributed by atoms with van der Waals surface area (Å²) in [6, 6.07) is 9.40. The molecule has 1 atom stereocenters. The minimum atomic E-state index is -0.171. The van der Waals surface area contributed by atoms with Crippen LogP contribution in [0.25, 0.3) is 5.70 Å². The maximum absolute atomic E-state index is 5.60. The highest BCUT2D eigenvalue weighted by Crippen LogP contribution is 2.35. The zero-order valence-corrected chi connectivity index (χ0v) is 14.2. The molecule has 4 rings (SSSR count). The van der Waals surface area contributed by atoms with Gasteiger partial charge >= 0.3 is 0 Å². The number of nitrogens with zero attached hydrogens (tertiary/aromatic N) is 3. The van der Waals surface area contributed by atoms with E-state index in [1.807, 2.05) is 41.9 Å². The summed E-state index contributed by atoms with van der Waals surface area (Å²) in [6.45, 7) is 1.86. The highest BCUT2D eigenvalue weighted by molar-refractivity contribution is 5.78. The third-order valence-electron chi connectivity index (χ3n) is 4.10. The summed E-state index contributed by atoms with van der Waals surface area (Å²) in [6.07, 6.45) is 3.71. The molecular formula is C18H18N4O3. The van der Waals surface area contributed by atoms with E-state index in [2.05, 4.69) is 21.5 Å². The molecule has 128 valence electrons. The van der Waals surface area contributed by atoms with Crippen molar-refractivity contribution in [2.45, 2.75) is 13.0 Å². The van der Waals surface area contributed by atoms with Gasteiger partial charge in [-0.15, -0.1) is 0 Å². The second-order valence-corrected chi connectivity index (χ2v) is 5.66. The van der Waals surface area contributed by atoms with Crippen LogP contribution in [0.4, 0.5) is 5.95 Å². The number of allylic oxidation sites excluding steroid dienone is 1. The van der Waals surface area contributed by atoms with E-state index in [0.29, 0.717) is 23.3 Å². The summed E-state index contributed by atoms with van der Waals surface area (Å²) in [5.41, 5.74) is 1.86. The number of aryl methyl sites for hydroxylation is 1. The Kier molecular flexibility index (Phi) is 3.68. The molecular weight excluding hydrogens is 320 g/mol. The molecule has 3 aromatic rings. The van der Waals surface area contributed by atoms with E-state index in [9.17, 15) is 0 Å². The third kappa shape index (κ3) is 2.63. The minimum Gasteiger partial charge on any atom is -0.493 e. The number of aromatic nitrogens is 3. The summed E-state index contributed by atoms with van der Waals surface area (Å²) in [7, 11) is 3.24. The van der Waals surface area contributed by atoms with Crippen LogP contribution >= 0.6 is 0 Å². The van der Waals surface area contributed by atoms with Crippen LogP contribution in [0.5, 0.6) is 11.5 Å². The summed E-state index contributed by atoms with van der Waals surface area (Å²) < 4.78 is 18.1. The molecule has 0 spiro atoms. The minimum absolute atomic E-state index is 0.171. The summed E-state index contributed by atoms with van der Waals surface area (Å²) in [4.78, 5) is 4.47. The molecule has 1 aromatic carbocycles. The van der Waals surface area contributed by atoms with Gasteiger partial charge in [0.15, 0.2) is 11.5 Å². The molecule has 0 saturated carbocycles. The Hall–Kier alpha value is -3.22. The van der Waals surface area contributed by atoms with Gasteiger partial charge in [0, 0.05) is 11.3 Å². The van der Waals surface area contributed by atoms with Crippen LogP contribution in [0, 0.1) is 6.92 Å². The number of anilines is 1. The van der Waals surface area contributed by atoms with Gasteiger partial charge in [0.25, 0.3) is 0 Å². The fourth-order valence-corrected chi connectivity index (χ4v) is 2.93. The van der Waals surface area contributed by atoms with Crippen molar-refractivity contribution in [3.63, 3.8) is 0 Å². The van der Waals surface area contributed by atoms with Crippen LogP contribution in [-0.2, 0) is 0 Å². The number of benzene rings is 1. The fourth-order valence-electron chi connectivity index (χ4n) is 2.93. The highest BCUT2D eigenvalue weighted by atomic mass is 16.5. The lowest BCUT2D eigenvalue weighted by Gasteiger charge is -2.23. The van der Waals surface area contributed by atoms with Crippen molar-refractivity contribution >= 4 is 11.6 Å². The molecule has 0 aliphatic carbocycles. The zero-order valence-electron chi connectivity index (χ0n) is 14.2. The number of furan rings is 1. The summed E-state index contributed by atoms with van der Waals surface area (Å²) in [5.74, 6) is 3.52. The Morgan fingerprint density at radius 2 is 2.00 bits per heavy atom. The Morgan fingerprint density at radius 1 is 1.16 bits per heavy atom. The predicted molar refractivity (Wildman–Crippen MR) is 92.8 cm³/mol. The van der Waals surface area contributed by atoms with E-state index in [1.54, 1.807) is 20.5 Å². The normalized spacial score (nSPS) is 16.0. The van der Waals surface area contributed by atoms with Gasteiger partial charge in [0.1, 0.15) is 17.6 Å². The third-order valence-corrected chi connectivity index (χ3v) is 4.10. The fraction of sp³-hybridized carbons (Fsp3) is 0.222. The molecule has 7 nitrogen and oxygen atoms in total. The topological polar surface area (TPSA) is 74.3 Å². The molecule has 0 bridgehead atoms. The molecule has 25 heavy (non-hydrogen) atoms. The van der Waals surface area contributed by atoms with Crippen molar-refractivity contribution in [3.05, 3.63) is 59.8 Å². The lowest BCUT2D eigenvalue weighted by molar-refractivity contribution is 0.355. The van der Waals surface area contributed by atoms with Crippen molar-refractivity contribution < 1.29 is 13.9 Å². The van der Waals surface area contributed by atoms with E-state index in [-0.39, 0.29) is 6.04 Å². The first kappa shape index (κ1) is 15.3. The van der Waals surface area contributed by atoms with Crippen LogP contribution < -0.4 is 14.8 Å². The molecule has 1 N–H and O–H groups in total. The van der Waals surface area contributed by atoms with E-state index < -0.39 is 0 Å². The zero-order chi connectivity index (χ0) is 17.4. The van der Waals surface area contributed by atoms with Gasteiger partial charge in [-0.3, -0.25) is 0 Å². The molecule has 2 aromatic heterocycles. The lowest BCUT2D eigenvalue weighted by Crippen LogP contribution is -2.19. The molecule has 0 saturated heterocycles. The van der Waals surface area contributed by atoms with Crippen LogP contribution in [0.3, 0.4) is 0 Å². The van der Waals surface area contributed by atoms with E-state index in [1.165, 1.54) is 0 Å². The van der Waals surface area contributed by atoms with Gasteiger partial charge in [-0.05, 0) is 43.3 Å². The Labute approximate surface area is 144 Å². The second kappa shape index (κ2) is 6.01. The molecule has 3 heterocycles. The first-order valence-electron chi connectivity index (χ1n) is 7.87. The first-order valence-corrected chi connectivity index (χ1v) is 7.87. The first-order chi connectivity index (χ1) is 12.2. The van der Waals surface area contributed by atoms with Crippen molar-refractivity contribution in [3.8, 4) is 11.5 Å². The number of rotatable bonds is 4. The van der Waals surface area contributed by atoms with Gasteiger partial charge < -0.3 is 19.2 Å². The predicted octanol–water partition coefficient (Wildman–Crippen LogP) is 3.25. The standard InChI is InChI=1S/C18H18N4O3/c1-11-19-18-20-13(12-6-7-16(23-2)17(9-12)24-3)10-14(22(18)21-11)15-5-4-8-25-15/h4-10,14H,1-3H3,(H,19,20,21)/t14-/m0/s1. The van der Waals surface area contributed by atoms with Crippen LogP contribution in [0.15, 0.2) is 47.1 Å². The Morgan fingerprint density at radius 3 is 2.72 bits per heavy atom. The molecule has 0 amide bonds. The SMILES string of the molecule is COc1ccc(C2=C[C@@H](c3ccco3)n3nc(C)nc3N2)cc1OC. The summed E-state index contributed by atoms with van der Waals surface area (Å²) in [5, 5.41) is 7.80. The average molecular weight is 338 g/mol. The van der Waals surface area contributed by atoms with Gasteiger partial charge in [-0.2, -0.15) is 10.1 Å². The maximum Gasteiger partial charge on any atom is 0.226 e. The van der Waals surface area contributed by atoms with Crippen LogP contribution in [0.1, 0.15) is 23.2 Å². The molecule has 7 heteroatoms. The second-order valence-electron chi connectivity index (χ2n) is 5.66. The van der Waals surface area contributed by atoms with E-state index in [4.69, 9.17) is 13.9 Å². The van der Waals surface area contributed by atoms with Crippen molar-refractivity contribution in [1.82, 2.24) is 14.8 Å². The smallest absolute Gasteiger partial charge is 0.226 e. The molecule has 0 fully saturated rings. The molecule has 1 aliphatic rings. The monoisotopic (exact) mass is 338 g/mol. The average Bonchev–Trinajstić information content (AvgIpc) is 3.28. The van der Waals surface area contributed by atoms with Crippen molar-refractivity contribution in [2.75, 3.05) is 19.5 Å². The number of ether oxygens (including phenoxy) is 2. The molecule has 0 unspecified atom stereocenters. The number of methoxy groups -OCH3 is 2. The number of fused-ring (bicyclic) bond motifs is 1. The van der Waals surface area contributed by atoms with Crippen LogP contribution in [-0.4, -0.2) is 29.0 Å². The lowest BCUT2D eigenvalue weighted by atomic mass is 10.1. The van der Waals surface area contributed by atoms with Gasteiger partial charge in [-0.1, -0.05) is 0 Å². The quantitative estimate of drug-likeness (QED) is 0.787. The van der Waals surface area contributed by atoms with E-state index in [0.717, 1.165) is 17.0 Å². The van der Waals surface area contributed by atoms with Gasteiger partial charge in [0.2, 0.25) is 5.95 Å². The molecule has 0 radical (unpaired) electrons. The summed E-state index contributed by atoms with van der Waals surface area (Å²) >= 11 is 0. The number of nitrogens with one attached hydrogen (secondary N) is 1. The van der Waals surface area contributed by atoms with Gasteiger partial charge in [-0.25, -0.2) is 4.68 Å². The molecule has 1 aliphatic heterocycles. The number of hydrogen-bond acceptors (Lipinski definition) is 6. The van der Waals surface area contributed by atoms with Crippen molar-refractivity contribution in [2.24, 2.45) is 0 Å². The van der Waals surface area contributed by atoms with E-state index >= 15 is 0 Å². The highest BCUT2D eigenvalue weighted by Gasteiger charge is 2.26. The van der Waals surface area contributed by atoms with Gasteiger partial charge in [0.05, 0.1) is 20.5 Å². The Bertz CT molecular complexity index is 928. The number of hydrogen-bond donors (Lipinski definition) is 1. The maximum atomic E-state index is 5.60. The van der Waals surface area contributed by atoms with Crippen molar-refractivity contribution in [1.29, 1.82) is 0 Å². The largest absolute Gasteiger partial charge is 0.493 e. The Balaban J connectivity index is 1.80. The van der Waals surface area contributed by atoms with Crippen LogP contribution in [0.2, 0.25) is 0 Å².